The second-order valence-corrected chi connectivity index (χ2v) is 7.45. The smallest absolute Gasteiger partial charge is 0.444 e. The van der Waals surface area contributed by atoms with Crippen molar-refractivity contribution in [3.8, 4) is 0 Å². The molecule has 0 unspecified atom stereocenters. The maximum Gasteiger partial charge on any atom is 1.00 e. The molecule has 0 amide bonds. The van der Waals surface area contributed by atoms with Gasteiger partial charge in [-0.15, -0.1) is 5.34 Å². The van der Waals surface area contributed by atoms with Crippen molar-refractivity contribution in [2.75, 3.05) is 0 Å². The second-order valence-electron chi connectivity index (χ2n) is 4.97. The molecule has 0 spiro atoms. The van der Waals surface area contributed by atoms with Gasteiger partial charge < -0.3 is 10.1 Å². The van der Waals surface area contributed by atoms with Crippen LogP contribution in [0.25, 0.3) is 0 Å². The average molecular weight is 471 g/mol. The Hall–Kier alpha value is -1.98. The van der Waals surface area contributed by atoms with Gasteiger partial charge in [0.2, 0.25) is 0 Å². The molecule has 0 fully saturated rings. The van der Waals surface area contributed by atoms with Crippen LogP contribution in [0.3, 0.4) is 0 Å². The van der Waals surface area contributed by atoms with Crippen LogP contribution in [-0.4, -0.2) is 0 Å². The molecule has 0 aliphatic heterocycles. The van der Waals surface area contributed by atoms with Crippen LogP contribution in [-0.2, 0) is 22.4 Å². The average Bonchev–Trinajstić information content (AvgIpc) is 2.61. The molecule has 0 bridgehead atoms. The zero-order chi connectivity index (χ0) is 18.2. The normalized spacial score (nSPS) is 9.69. The van der Waals surface area contributed by atoms with Gasteiger partial charge in [0.1, 0.15) is 33.4 Å². The summed E-state index contributed by atoms with van der Waals surface area (Å²) in [6.45, 7) is 0. The Morgan fingerprint density at radius 3 is 1.00 bits per heavy atom. The van der Waals surface area contributed by atoms with Gasteiger partial charge in [-0.25, -0.2) is 13.2 Å². The molecule has 26 heavy (non-hydrogen) atoms. The van der Waals surface area contributed by atoms with E-state index in [-0.39, 0.29) is 39.8 Å². The number of benzene rings is 3. The zero-order valence-corrected chi connectivity index (χ0v) is 15.6. The van der Waals surface area contributed by atoms with E-state index in [1.54, 1.807) is 36.4 Å². The predicted molar refractivity (Wildman–Crippen MR) is 95.6 cm³/mol. The minimum absolute atomic E-state index is 0. The standard InChI is InChI=1S/C18H12F3P.Ag.HNO2/c19-13-1-7-16(8-2-13)22(17-9-3-14(20)4-10-17)18-11-5-15(21)6-12-18;;2-1-3/h1-12H;;(H,2,3)/q;+1;. The third-order valence-electron chi connectivity index (χ3n) is 3.40. The number of nitrogens with zero attached hydrogens (tertiary/aromatic N) is 1. The number of rotatable bonds is 3. The Morgan fingerprint density at radius 2 is 0.808 bits per heavy atom. The van der Waals surface area contributed by atoms with Crippen LogP contribution in [0.2, 0.25) is 0 Å². The SMILES string of the molecule is Fc1ccc([PH+](c2ccc(F)cc2)c2ccc(F)cc2)cc1.O=N[O-].[Ag+]. The zero-order valence-electron chi connectivity index (χ0n) is 13.1. The monoisotopic (exact) mass is 470 g/mol. The van der Waals surface area contributed by atoms with Crippen molar-refractivity contribution in [2.45, 2.75) is 0 Å². The largest absolute Gasteiger partial charge is 1.00 e. The fraction of sp³-hybridized carbons (Fsp3) is 0. The quantitative estimate of drug-likeness (QED) is 0.253. The molecule has 3 nitrogen and oxygen atoms in total. The third kappa shape index (κ3) is 6.07. The molecular weight excluding hydrogens is 458 g/mol. The van der Waals surface area contributed by atoms with Crippen molar-refractivity contribution in [1.29, 1.82) is 0 Å². The van der Waals surface area contributed by atoms with Gasteiger partial charge in [-0.3, -0.25) is 0 Å². The molecule has 0 saturated carbocycles. The molecular formula is C18H13AgF3NO2P+. The van der Waals surface area contributed by atoms with Gasteiger partial charge >= 0.3 is 22.4 Å². The summed E-state index contributed by atoms with van der Waals surface area (Å²) in [4.78, 5) is 8.00. The first kappa shape index (κ1) is 22.1. The Bertz CT molecular complexity index is 707. The summed E-state index contributed by atoms with van der Waals surface area (Å²) < 4.78 is 39.5. The number of hydrogen-bond donors (Lipinski definition) is 0. The summed E-state index contributed by atoms with van der Waals surface area (Å²) in [5.41, 5.74) is 0. The number of hydrogen-bond acceptors (Lipinski definition) is 3. The van der Waals surface area contributed by atoms with Gasteiger partial charge in [-0.05, 0) is 72.8 Å². The van der Waals surface area contributed by atoms with Crippen LogP contribution in [0, 0.1) is 27.6 Å². The summed E-state index contributed by atoms with van der Waals surface area (Å²) in [7, 11) is -1.43. The van der Waals surface area contributed by atoms with Crippen molar-refractivity contribution in [3.05, 3.63) is 100 Å². The van der Waals surface area contributed by atoms with Crippen molar-refractivity contribution in [2.24, 2.45) is 5.34 Å². The topological polar surface area (TPSA) is 52.5 Å². The molecule has 0 N–H and O–H groups in total. The molecule has 3 rings (SSSR count). The third-order valence-corrected chi connectivity index (χ3v) is 6.13. The maximum atomic E-state index is 13.2. The molecule has 0 aromatic heterocycles. The number of halogens is 3. The van der Waals surface area contributed by atoms with E-state index < -0.39 is 7.92 Å². The van der Waals surface area contributed by atoms with E-state index in [2.05, 4.69) is 0 Å². The first-order valence-corrected chi connectivity index (χ1v) is 8.65. The van der Waals surface area contributed by atoms with Crippen LogP contribution >= 0.6 is 7.92 Å². The second kappa shape index (κ2) is 10.9. The molecule has 3 aromatic carbocycles. The van der Waals surface area contributed by atoms with Crippen molar-refractivity contribution < 1.29 is 35.6 Å². The summed E-state index contributed by atoms with van der Waals surface area (Å²) >= 11 is 0. The van der Waals surface area contributed by atoms with Gasteiger partial charge in [0.05, 0.1) is 7.92 Å². The summed E-state index contributed by atoms with van der Waals surface area (Å²) in [5, 5.41) is 11.9. The van der Waals surface area contributed by atoms with E-state index in [4.69, 9.17) is 10.1 Å². The molecule has 3 aromatic rings. The van der Waals surface area contributed by atoms with Crippen molar-refractivity contribution >= 4 is 23.8 Å². The molecule has 0 radical (unpaired) electrons. The van der Waals surface area contributed by atoms with Crippen molar-refractivity contribution in [1.82, 2.24) is 0 Å². The molecule has 138 valence electrons. The van der Waals surface area contributed by atoms with E-state index in [0.29, 0.717) is 0 Å². The van der Waals surface area contributed by atoms with Gasteiger partial charge in [0.15, 0.2) is 0 Å². The molecule has 0 aliphatic carbocycles. The first-order chi connectivity index (χ1) is 12.0. The van der Waals surface area contributed by atoms with Crippen molar-refractivity contribution in [3.63, 3.8) is 0 Å². The Labute approximate surface area is 165 Å². The van der Waals surface area contributed by atoms with Gasteiger partial charge in [0, 0.05) is 0 Å². The van der Waals surface area contributed by atoms with E-state index in [0.717, 1.165) is 21.3 Å². The maximum absolute atomic E-state index is 13.2. The molecule has 0 saturated heterocycles. The van der Waals surface area contributed by atoms with E-state index in [1.165, 1.54) is 36.4 Å². The predicted octanol–water partition coefficient (Wildman–Crippen LogP) is 3.84. The van der Waals surface area contributed by atoms with Crippen LogP contribution in [0.15, 0.2) is 78.1 Å². The van der Waals surface area contributed by atoms with Crippen LogP contribution in [0.4, 0.5) is 13.2 Å². The Balaban J connectivity index is 0.000000791. The molecule has 0 aliphatic rings. The van der Waals surface area contributed by atoms with E-state index >= 15 is 0 Å². The minimum atomic E-state index is -1.43. The van der Waals surface area contributed by atoms with Crippen LogP contribution in [0.1, 0.15) is 0 Å². The van der Waals surface area contributed by atoms with Gasteiger partial charge in [0.25, 0.3) is 0 Å². The fourth-order valence-corrected chi connectivity index (χ4v) is 4.85. The van der Waals surface area contributed by atoms with Gasteiger partial charge in [-0.1, -0.05) is 0 Å². The fourth-order valence-electron chi connectivity index (χ4n) is 2.35. The van der Waals surface area contributed by atoms with Crippen LogP contribution in [0.5, 0.6) is 0 Å². The van der Waals surface area contributed by atoms with Gasteiger partial charge in [-0.2, -0.15) is 0 Å². The summed E-state index contributed by atoms with van der Waals surface area (Å²) in [6, 6.07) is 18.9. The minimum Gasteiger partial charge on any atom is -0.444 e. The van der Waals surface area contributed by atoms with Crippen LogP contribution < -0.4 is 15.9 Å². The van der Waals surface area contributed by atoms with E-state index in [1.807, 2.05) is 0 Å². The molecule has 0 atom stereocenters. The Kier molecular flexibility index (Phi) is 9.24. The summed E-state index contributed by atoms with van der Waals surface area (Å²) in [5.74, 6) is -0.907. The van der Waals surface area contributed by atoms with E-state index in [9.17, 15) is 13.2 Å². The Morgan fingerprint density at radius 1 is 0.615 bits per heavy atom. The molecule has 8 heteroatoms. The molecule has 0 heterocycles. The summed E-state index contributed by atoms with van der Waals surface area (Å²) in [6.07, 6.45) is 0. The first-order valence-electron chi connectivity index (χ1n) is 7.15.